The zero-order chi connectivity index (χ0) is 14.3. The number of nitrogens with zero attached hydrogens (tertiary/aromatic N) is 1. The Morgan fingerprint density at radius 3 is 2.53 bits per heavy atom. The maximum Gasteiger partial charge on any atom is 0.128 e. The van der Waals surface area contributed by atoms with Crippen LogP contribution < -0.4 is 11.1 Å². The largest absolute Gasteiger partial charge is 0.329 e. The summed E-state index contributed by atoms with van der Waals surface area (Å²) >= 11 is 0. The molecule has 3 N–H and O–H groups in total. The van der Waals surface area contributed by atoms with Crippen molar-refractivity contribution in [2.24, 2.45) is 5.73 Å². The lowest BCUT2D eigenvalue weighted by atomic mass is 10.1. The number of nitrogens with one attached hydrogen (secondary N) is 1. The Morgan fingerprint density at radius 2 is 1.95 bits per heavy atom. The molecule has 108 valence electrons. The first-order chi connectivity index (χ1) is 9.12. The molecule has 0 saturated heterocycles. The molecule has 1 aromatic carbocycles. The standard InChI is InChI=1S/C14H23F2N3/c1-3-19(4-2)8-7-18-14(10-17)12-9-11(15)5-6-13(12)16/h5-6,9,14,18H,3-4,7-8,10,17H2,1-2H3. The zero-order valence-electron chi connectivity index (χ0n) is 11.6. The molecule has 0 aliphatic heterocycles. The molecule has 0 bridgehead atoms. The molecule has 1 unspecified atom stereocenters. The molecule has 0 aliphatic carbocycles. The van der Waals surface area contributed by atoms with Crippen LogP contribution >= 0.6 is 0 Å². The van der Waals surface area contributed by atoms with E-state index in [2.05, 4.69) is 24.1 Å². The molecule has 0 saturated carbocycles. The van der Waals surface area contributed by atoms with Crippen LogP contribution in [0.1, 0.15) is 25.5 Å². The van der Waals surface area contributed by atoms with Gasteiger partial charge in [0.05, 0.1) is 0 Å². The summed E-state index contributed by atoms with van der Waals surface area (Å²) in [5, 5.41) is 3.18. The second-order valence-electron chi connectivity index (χ2n) is 4.44. The van der Waals surface area contributed by atoms with Crippen LogP contribution in [-0.4, -0.2) is 37.6 Å². The third-order valence-corrected chi connectivity index (χ3v) is 3.28. The van der Waals surface area contributed by atoms with E-state index in [0.29, 0.717) is 12.1 Å². The van der Waals surface area contributed by atoms with Gasteiger partial charge in [0.15, 0.2) is 0 Å². The molecule has 1 rings (SSSR count). The van der Waals surface area contributed by atoms with Gasteiger partial charge in [-0.05, 0) is 31.3 Å². The monoisotopic (exact) mass is 271 g/mol. The third-order valence-electron chi connectivity index (χ3n) is 3.28. The van der Waals surface area contributed by atoms with E-state index in [0.717, 1.165) is 31.8 Å². The van der Waals surface area contributed by atoms with Crippen LogP contribution in [0.4, 0.5) is 8.78 Å². The highest BCUT2D eigenvalue weighted by Crippen LogP contribution is 2.17. The van der Waals surface area contributed by atoms with Gasteiger partial charge in [-0.1, -0.05) is 13.8 Å². The summed E-state index contributed by atoms with van der Waals surface area (Å²) in [5.74, 6) is -0.868. The van der Waals surface area contributed by atoms with Crippen LogP contribution in [0, 0.1) is 11.6 Å². The van der Waals surface area contributed by atoms with Gasteiger partial charge in [-0.2, -0.15) is 0 Å². The van der Waals surface area contributed by atoms with Gasteiger partial charge in [-0.15, -0.1) is 0 Å². The number of hydrogen-bond donors (Lipinski definition) is 2. The predicted octanol–water partition coefficient (Wildman–Crippen LogP) is 1.90. The van der Waals surface area contributed by atoms with Crippen LogP contribution in [0.5, 0.6) is 0 Å². The number of benzene rings is 1. The molecular formula is C14H23F2N3. The molecule has 0 heterocycles. The lowest BCUT2D eigenvalue weighted by Crippen LogP contribution is -2.36. The molecular weight excluding hydrogens is 248 g/mol. The van der Waals surface area contributed by atoms with E-state index < -0.39 is 11.6 Å². The molecule has 5 heteroatoms. The molecule has 3 nitrogen and oxygen atoms in total. The minimum absolute atomic E-state index is 0.235. The summed E-state index contributed by atoms with van der Waals surface area (Å²) in [6.07, 6.45) is 0. The first-order valence-electron chi connectivity index (χ1n) is 6.73. The molecule has 0 amide bonds. The van der Waals surface area contributed by atoms with Crippen molar-refractivity contribution in [1.29, 1.82) is 0 Å². The second-order valence-corrected chi connectivity index (χ2v) is 4.44. The van der Waals surface area contributed by atoms with Gasteiger partial charge in [0.25, 0.3) is 0 Å². The van der Waals surface area contributed by atoms with E-state index in [1.165, 1.54) is 6.07 Å². The second kappa shape index (κ2) is 8.19. The quantitative estimate of drug-likeness (QED) is 0.759. The molecule has 0 spiro atoms. The van der Waals surface area contributed by atoms with Crippen molar-refractivity contribution in [2.45, 2.75) is 19.9 Å². The number of halogens is 2. The van der Waals surface area contributed by atoms with Crippen molar-refractivity contribution in [3.63, 3.8) is 0 Å². The normalized spacial score (nSPS) is 12.9. The molecule has 1 aromatic rings. The van der Waals surface area contributed by atoms with Crippen molar-refractivity contribution in [3.8, 4) is 0 Å². The first kappa shape index (κ1) is 16.0. The van der Waals surface area contributed by atoms with E-state index >= 15 is 0 Å². The van der Waals surface area contributed by atoms with E-state index in [4.69, 9.17) is 5.73 Å². The molecule has 0 aromatic heterocycles. The van der Waals surface area contributed by atoms with E-state index in [1.807, 2.05) is 0 Å². The molecule has 0 fully saturated rings. The Hall–Kier alpha value is -1.04. The Labute approximate surface area is 113 Å². The lowest BCUT2D eigenvalue weighted by molar-refractivity contribution is 0.296. The van der Waals surface area contributed by atoms with Crippen molar-refractivity contribution in [3.05, 3.63) is 35.4 Å². The highest BCUT2D eigenvalue weighted by molar-refractivity contribution is 5.22. The fourth-order valence-corrected chi connectivity index (χ4v) is 2.04. The Kier molecular flexibility index (Phi) is 6.91. The van der Waals surface area contributed by atoms with Crippen molar-refractivity contribution >= 4 is 0 Å². The molecule has 0 radical (unpaired) electrons. The Bertz CT molecular complexity index is 381. The average molecular weight is 271 g/mol. The number of rotatable bonds is 8. The lowest BCUT2D eigenvalue weighted by Gasteiger charge is -2.22. The van der Waals surface area contributed by atoms with E-state index in [9.17, 15) is 8.78 Å². The van der Waals surface area contributed by atoms with Gasteiger partial charge in [0.2, 0.25) is 0 Å². The number of nitrogens with two attached hydrogens (primary N) is 1. The fraction of sp³-hybridized carbons (Fsp3) is 0.571. The summed E-state index contributed by atoms with van der Waals surface area (Å²) in [4.78, 5) is 2.25. The van der Waals surface area contributed by atoms with Crippen LogP contribution in [0.2, 0.25) is 0 Å². The molecule has 1 atom stereocenters. The number of hydrogen-bond acceptors (Lipinski definition) is 3. The Balaban J connectivity index is 2.60. The van der Waals surface area contributed by atoms with Crippen molar-refractivity contribution < 1.29 is 8.78 Å². The van der Waals surface area contributed by atoms with Crippen LogP contribution in [0.25, 0.3) is 0 Å². The molecule has 0 aliphatic rings. The van der Waals surface area contributed by atoms with E-state index in [1.54, 1.807) is 0 Å². The third kappa shape index (κ3) is 4.86. The summed E-state index contributed by atoms with van der Waals surface area (Å²) < 4.78 is 26.8. The number of likely N-dealkylation sites (N-methyl/N-ethyl adjacent to an activating group) is 1. The van der Waals surface area contributed by atoms with Gasteiger partial charge in [-0.3, -0.25) is 0 Å². The van der Waals surface area contributed by atoms with Crippen molar-refractivity contribution in [2.75, 3.05) is 32.7 Å². The zero-order valence-corrected chi connectivity index (χ0v) is 11.6. The van der Waals surface area contributed by atoms with Gasteiger partial charge in [0, 0.05) is 31.2 Å². The summed E-state index contributed by atoms with van der Waals surface area (Å²) in [7, 11) is 0. The van der Waals surface area contributed by atoms with Crippen LogP contribution in [0.15, 0.2) is 18.2 Å². The summed E-state index contributed by atoms with van der Waals surface area (Å²) in [6, 6.07) is 3.10. The fourth-order valence-electron chi connectivity index (χ4n) is 2.04. The maximum atomic E-state index is 13.7. The molecule has 19 heavy (non-hydrogen) atoms. The van der Waals surface area contributed by atoms with Crippen molar-refractivity contribution in [1.82, 2.24) is 10.2 Å². The van der Waals surface area contributed by atoms with Gasteiger partial charge < -0.3 is 16.0 Å². The smallest absolute Gasteiger partial charge is 0.128 e. The van der Waals surface area contributed by atoms with E-state index in [-0.39, 0.29) is 12.6 Å². The topological polar surface area (TPSA) is 41.3 Å². The minimum Gasteiger partial charge on any atom is -0.329 e. The predicted molar refractivity (Wildman–Crippen MR) is 73.9 cm³/mol. The minimum atomic E-state index is -0.444. The summed E-state index contributed by atoms with van der Waals surface area (Å²) in [5.41, 5.74) is 5.93. The van der Waals surface area contributed by atoms with Crippen LogP contribution in [-0.2, 0) is 0 Å². The first-order valence-corrected chi connectivity index (χ1v) is 6.73. The SMILES string of the molecule is CCN(CC)CCNC(CN)c1cc(F)ccc1F. The van der Waals surface area contributed by atoms with Crippen LogP contribution in [0.3, 0.4) is 0 Å². The van der Waals surface area contributed by atoms with Gasteiger partial charge in [-0.25, -0.2) is 8.78 Å². The maximum absolute atomic E-state index is 13.7. The Morgan fingerprint density at radius 1 is 1.26 bits per heavy atom. The highest BCUT2D eigenvalue weighted by atomic mass is 19.1. The highest BCUT2D eigenvalue weighted by Gasteiger charge is 2.14. The van der Waals surface area contributed by atoms with Gasteiger partial charge in [0.1, 0.15) is 11.6 Å². The van der Waals surface area contributed by atoms with Gasteiger partial charge >= 0.3 is 0 Å². The summed E-state index contributed by atoms with van der Waals surface area (Å²) in [6.45, 7) is 7.92. The average Bonchev–Trinajstić information content (AvgIpc) is 2.42.